The average molecular weight is 274 g/mol. The van der Waals surface area contributed by atoms with Crippen molar-refractivity contribution in [3.05, 3.63) is 41.8 Å². The molecule has 1 aromatic carbocycles. The molecular weight excluding hydrogens is 261 g/mol. The molecule has 1 aromatic heterocycles. The molecule has 1 N–H and O–H groups in total. The molecule has 4 rings (SSSR count). The largest absolute Gasteiger partial charge is 0.353 e. The minimum atomic E-state index is -0.918. The van der Waals surface area contributed by atoms with Gasteiger partial charge in [0.2, 0.25) is 6.20 Å². The SMILES string of the molecule is O=C1CCCC2OC12c1cc[n+](O)c2ccc(F)cc12. The molecule has 2 unspecified atom stereocenters. The summed E-state index contributed by atoms with van der Waals surface area (Å²) < 4.78 is 20.2. The molecule has 2 aromatic rings. The minimum Gasteiger partial charge on any atom is -0.353 e. The zero-order valence-corrected chi connectivity index (χ0v) is 10.7. The highest BCUT2D eigenvalue weighted by Gasteiger charge is 2.65. The normalized spacial score (nSPS) is 28.4. The molecule has 1 saturated carbocycles. The van der Waals surface area contributed by atoms with E-state index in [1.165, 1.54) is 24.4 Å². The first-order valence-corrected chi connectivity index (χ1v) is 6.68. The molecule has 1 aliphatic heterocycles. The van der Waals surface area contributed by atoms with Crippen LogP contribution in [0.5, 0.6) is 0 Å². The van der Waals surface area contributed by atoms with Gasteiger partial charge < -0.3 is 4.74 Å². The van der Waals surface area contributed by atoms with E-state index >= 15 is 0 Å². The lowest BCUT2D eigenvalue weighted by Crippen LogP contribution is -2.34. The van der Waals surface area contributed by atoms with Crippen LogP contribution >= 0.6 is 0 Å². The number of pyridine rings is 1. The lowest BCUT2D eigenvalue weighted by Gasteiger charge is -2.17. The lowest BCUT2D eigenvalue weighted by atomic mass is 9.81. The van der Waals surface area contributed by atoms with Gasteiger partial charge in [-0.3, -0.25) is 10.0 Å². The predicted octanol–water partition coefficient (Wildman–Crippen LogP) is 1.85. The molecule has 20 heavy (non-hydrogen) atoms. The lowest BCUT2D eigenvalue weighted by molar-refractivity contribution is -0.884. The summed E-state index contributed by atoms with van der Waals surface area (Å²) in [4.78, 5) is 12.3. The van der Waals surface area contributed by atoms with Crippen LogP contribution in [0.1, 0.15) is 24.8 Å². The Balaban J connectivity index is 1.99. The average Bonchev–Trinajstić information content (AvgIpc) is 3.16. The third kappa shape index (κ3) is 1.38. The summed E-state index contributed by atoms with van der Waals surface area (Å²) in [5.41, 5.74) is 0.205. The molecule has 102 valence electrons. The number of hydrogen-bond acceptors (Lipinski definition) is 3. The number of aromatic nitrogens is 1. The summed E-state index contributed by atoms with van der Waals surface area (Å²) >= 11 is 0. The Morgan fingerprint density at radius 1 is 1.40 bits per heavy atom. The summed E-state index contributed by atoms with van der Waals surface area (Å²) in [7, 11) is 0. The number of ether oxygens (including phenoxy) is 1. The highest BCUT2D eigenvalue weighted by molar-refractivity contribution is 5.97. The first kappa shape index (κ1) is 11.8. The molecule has 1 aliphatic carbocycles. The molecular formula is C15H13FNO3+. The van der Waals surface area contributed by atoms with Crippen LogP contribution in [0.2, 0.25) is 0 Å². The zero-order chi connectivity index (χ0) is 13.9. The first-order chi connectivity index (χ1) is 9.63. The second-order valence-electron chi connectivity index (χ2n) is 5.39. The summed E-state index contributed by atoms with van der Waals surface area (Å²) in [5.74, 6) is -0.350. The second kappa shape index (κ2) is 3.76. The first-order valence-electron chi connectivity index (χ1n) is 6.68. The molecule has 2 fully saturated rings. The van der Waals surface area contributed by atoms with Crippen molar-refractivity contribution < 1.29 is 23.9 Å². The molecule has 2 heterocycles. The Labute approximate surface area is 114 Å². The van der Waals surface area contributed by atoms with E-state index in [0.29, 0.717) is 22.9 Å². The maximum Gasteiger partial charge on any atom is 0.265 e. The van der Waals surface area contributed by atoms with Crippen LogP contribution in [-0.4, -0.2) is 17.1 Å². The monoisotopic (exact) mass is 274 g/mol. The fraction of sp³-hybridized carbons (Fsp3) is 0.333. The van der Waals surface area contributed by atoms with Crippen LogP contribution in [0.3, 0.4) is 0 Å². The van der Waals surface area contributed by atoms with Crippen molar-refractivity contribution in [2.75, 3.05) is 0 Å². The van der Waals surface area contributed by atoms with Gasteiger partial charge in [0, 0.05) is 28.8 Å². The van der Waals surface area contributed by atoms with E-state index in [4.69, 9.17) is 4.74 Å². The third-order valence-electron chi connectivity index (χ3n) is 4.29. The van der Waals surface area contributed by atoms with Crippen molar-refractivity contribution in [1.29, 1.82) is 0 Å². The summed E-state index contributed by atoms with van der Waals surface area (Å²) in [5, 5.41) is 10.3. The molecule has 0 amide bonds. The van der Waals surface area contributed by atoms with Gasteiger partial charge in [0.25, 0.3) is 5.52 Å². The maximum absolute atomic E-state index is 13.5. The Hall–Kier alpha value is -2.01. The van der Waals surface area contributed by atoms with Gasteiger partial charge in [0.05, 0.1) is 11.5 Å². The Kier molecular flexibility index (Phi) is 2.22. The van der Waals surface area contributed by atoms with Crippen LogP contribution in [-0.2, 0) is 15.1 Å². The van der Waals surface area contributed by atoms with E-state index in [9.17, 15) is 14.4 Å². The molecule has 2 aliphatic rings. The highest BCUT2D eigenvalue weighted by Crippen LogP contribution is 2.54. The van der Waals surface area contributed by atoms with Gasteiger partial charge in [-0.1, -0.05) is 0 Å². The van der Waals surface area contributed by atoms with Crippen molar-refractivity contribution in [2.24, 2.45) is 0 Å². The maximum atomic E-state index is 13.5. The standard InChI is InChI=1S/C15H13FNO3/c16-9-4-5-12-10(8-9)11(6-7-17(12)19)15-13(18)2-1-3-14(15)20-15/h4-8,14,19H,1-3H2/q+1. The van der Waals surface area contributed by atoms with Crippen LogP contribution in [0.25, 0.3) is 10.9 Å². The summed E-state index contributed by atoms with van der Waals surface area (Å²) in [6.45, 7) is 0. The second-order valence-corrected chi connectivity index (χ2v) is 5.39. The van der Waals surface area contributed by atoms with Gasteiger partial charge in [-0.25, -0.2) is 4.39 Å². The highest BCUT2D eigenvalue weighted by atomic mass is 19.1. The number of carbonyl (C=O) groups excluding carboxylic acids is 1. The molecule has 4 nitrogen and oxygen atoms in total. The van der Waals surface area contributed by atoms with Gasteiger partial charge in [-0.05, 0) is 25.0 Å². The number of Topliss-reactive ketones (excluding diaryl/α,β-unsaturated/α-hetero) is 1. The molecule has 0 bridgehead atoms. The topological polar surface area (TPSA) is 53.7 Å². The van der Waals surface area contributed by atoms with Crippen molar-refractivity contribution in [3.63, 3.8) is 0 Å². The van der Waals surface area contributed by atoms with Crippen molar-refractivity contribution >= 4 is 16.7 Å². The fourth-order valence-electron chi connectivity index (χ4n) is 3.28. The number of rotatable bonds is 1. The van der Waals surface area contributed by atoms with Gasteiger partial charge >= 0.3 is 0 Å². The minimum absolute atomic E-state index is 0.0509. The number of benzene rings is 1. The number of ketones is 1. The van der Waals surface area contributed by atoms with E-state index in [2.05, 4.69) is 0 Å². The van der Waals surface area contributed by atoms with E-state index in [1.807, 2.05) is 0 Å². The van der Waals surface area contributed by atoms with E-state index < -0.39 is 11.4 Å². The van der Waals surface area contributed by atoms with E-state index in [1.54, 1.807) is 6.07 Å². The Morgan fingerprint density at radius 3 is 3.05 bits per heavy atom. The van der Waals surface area contributed by atoms with Crippen LogP contribution < -0.4 is 4.73 Å². The molecule has 0 radical (unpaired) electrons. The van der Waals surface area contributed by atoms with Crippen molar-refractivity contribution in [3.8, 4) is 0 Å². The number of nitrogens with zero attached hydrogens (tertiary/aromatic N) is 1. The summed E-state index contributed by atoms with van der Waals surface area (Å²) in [6.07, 6.45) is 3.53. The number of carbonyl (C=O) groups is 1. The molecule has 1 saturated heterocycles. The van der Waals surface area contributed by atoms with Gasteiger partial charge in [0.15, 0.2) is 11.4 Å². The van der Waals surface area contributed by atoms with Crippen LogP contribution in [0.15, 0.2) is 30.5 Å². The predicted molar refractivity (Wildman–Crippen MR) is 66.7 cm³/mol. The van der Waals surface area contributed by atoms with Gasteiger partial charge in [0.1, 0.15) is 5.82 Å². The van der Waals surface area contributed by atoms with Crippen LogP contribution in [0, 0.1) is 5.82 Å². The Bertz CT molecular complexity index is 745. The number of hydrogen-bond donors (Lipinski definition) is 1. The number of epoxide rings is 1. The summed E-state index contributed by atoms with van der Waals surface area (Å²) in [6, 6.07) is 5.76. The van der Waals surface area contributed by atoms with E-state index in [-0.39, 0.29) is 11.9 Å². The van der Waals surface area contributed by atoms with Crippen molar-refractivity contribution in [2.45, 2.75) is 31.0 Å². The third-order valence-corrected chi connectivity index (χ3v) is 4.29. The molecule has 2 atom stereocenters. The number of fused-ring (bicyclic) bond motifs is 2. The van der Waals surface area contributed by atoms with Crippen LogP contribution in [0.4, 0.5) is 4.39 Å². The quantitative estimate of drug-likeness (QED) is 0.490. The van der Waals surface area contributed by atoms with Crippen molar-refractivity contribution in [1.82, 2.24) is 0 Å². The fourth-order valence-corrected chi connectivity index (χ4v) is 3.28. The molecule has 0 spiro atoms. The molecule has 5 heteroatoms. The smallest absolute Gasteiger partial charge is 0.265 e. The number of halogens is 1. The zero-order valence-electron chi connectivity index (χ0n) is 10.7. The Morgan fingerprint density at radius 2 is 2.25 bits per heavy atom. The van der Waals surface area contributed by atoms with Gasteiger partial charge in [-0.2, -0.15) is 0 Å². The van der Waals surface area contributed by atoms with E-state index in [0.717, 1.165) is 17.6 Å². The van der Waals surface area contributed by atoms with Gasteiger partial charge in [-0.15, -0.1) is 0 Å².